The highest BCUT2D eigenvalue weighted by atomic mass is 35.5. The van der Waals surface area contributed by atoms with Gasteiger partial charge < -0.3 is 21.1 Å². The summed E-state index contributed by atoms with van der Waals surface area (Å²) in [6, 6.07) is 15.2. The quantitative estimate of drug-likeness (QED) is 0.643. The lowest BCUT2D eigenvalue weighted by Gasteiger charge is -2.31. The molecule has 0 amide bonds. The Morgan fingerprint density at radius 2 is 2.04 bits per heavy atom. The minimum atomic E-state index is -0.410. The monoisotopic (exact) mass is 393 g/mol. The number of anilines is 2. The van der Waals surface area contributed by atoms with E-state index in [1.54, 1.807) is 24.7 Å². The number of nitrogens with two attached hydrogens (primary N) is 2. The largest absolute Gasteiger partial charge is 0.487 e. The van der Waals surface area contributed by atoms with E-state index in [0.29, 0.717) is 17.3 Å². The molecule has 1 aliphatic heterocycles. The van der Waals surface area contributed by atoms with Gasteiger partial charge in [0.1, 0.15) is 18.5 Å². The van der Waals surface area contributed by atoms with Gasteiger partial charge in [-0.25, -0.2) is 4.99 Å². The summed E-state index contributed by atoms with van der Waals surface area (Å²) >= 11 is 6.09. The molecule has 2 aromatic carbocycles. The first kappa shape index (κ1) is 18.3. The van der Waals surface area contributed by atoms with Crippen molar-refractivity contribution >= 4 is 35.0 Å². The summed E-state index contributed by atoms with van der Waals surface area (Å²) in [5.41, 5.74) is 17.2. The molecular weight excluding hydrogens is 374 g/mol. The van der Waals surface area contributed by atoms with Gasteiger partial charge in [0.25, 0.3) is 0 Å². The predicted octanol–water partition coefficient (Wildman–Crippen LogP) is 4.34. The van der Waals surface area contributed by atoms with Crippen LogP contribution in [0.15, 0.2) is 59.7 Å². The summed E-state index contributed by atoms with van der Waals surface area (Å²) in [7, 11) is 0. The number of hydrogen-bond donors (Lipinski definition) is 2. The van der Waals surface area contributed by atoms with E-state index in [4.69, 9.17) is 27.8 Å². The van der Waals surface area contributed by atoms with Gasteiger partial charge in [-0.2, -0.15) is 0 Å². The second-order valence-corrected chi connectivity index (χ2v) is 7.00. The van der Waals surface area contributed by atoms with E-state index in [9.17, 15) is 0 Å². The van der Waals surface area contributed by atoms with E-state index in [2.05, 4.69) is 9.98 Å². The van der Waals surface area contributed by atoms with Crippen LogP contribution in [0.3, 0.4) is 0 Å². The maximum absolute atomic E-state index is 6.46. The lowest BCUT2D eigenvalue weighted by Crippen LogP contribution is -2.35. The highest BCUT2D eigenvalue weighted by molar-refractivity contribution is 6.33. The molecular formula is C21H20ClN5O. The van der Waals surface area contributed by atoms with Gasteiger partial charge in [0.15, 0.2) is 0 Å². The Morgan fingerprint density at radius 1 is 1.18 bits per heavy atom. The zero-order valence-electron chi connectivity index (χ0n) is 15.3. The van der Waals surface area contributed by atoms with E-state index in [0.717, 1.165) is 33.9 Å². The molecule has 0 aliphatic carbocycles. The maximum atomic E-state index is 6.46. The number of fused-ring (bicyclic) bond motifs is 1. The molecule has 1 aliphatic rings. The number of aromatic nitrogens is 1. The molecule has 6 nitrogen and oxygen atoms in total. The number of nitrogens with zero attached hydrogens (tertiary/aromatic N) is 3. The Kier molecular flexibility index (Phi) is 4.90. The number of aliphatic imine (C=N–C) groups is 1. The summed E-state index contributed by atoms with van der Waals surface area (Å²) < 4.78 is 5.90. The van der Waals surface area contributed by atoms with Crippen molar-refractivity contribution in [1.82, 2.24) is 4.98 Å². The number of rotatable bonds is 4. The van der Waals surface area contributed by atoms with Gasteiger partial charge >= 0.3 is 0 Å². The molecule has 4 N–H and O–H groups in total. The number of halogens is 1. The molecule has 1 aromatic heterocycles. The summed E-state index contributed by atoms with van der Waals surface area (Å²) in [4.78, 5) is 10.6. The Labute approximate surface area is 168 Å². The van der Waals surface area contributed by atoms with Crippen LogP contribution in [-0.2, 0) is 6.61 Å². The molecule has 0 bridgehead atoms. The third-order valence-corrected chi connectivity index (χ3v) is 4.97. The van der Waals surface area contributed by atoms with Crippen LogP contribution >= 0.6 is 11.6 Å². The van der Waals surface area contributed by atoms with Crippen LogP contribution in [0.2, 0.25) is 5.02 Å². The van der Waals surface area contributed by atoms with Crippen molar-refractivity contribution in [2.75, 3.05) is 10.6 Å². The normalized spacial score (nSPS) is 15.4. The number of ether oxygens (including phenoxy) is 1. The van der Waals surface area contributed by atoms with Gasteiger partial charge in [0.05, 0.1) is 28.4 Å². The lowest BCUT2D eigenvalue weighted by atomic mass is 10.1. The van der Waals surface area contributed by atoms with Gasteiger partial charge in [-0.3, -0.25) is 4.98 Å². The third-order valence-electron chi connectivity index (χ3n) is 4.64. The van der Waals surface area contributed by atoms with E-state index in [1.165, 1.54) is 0 Å². The Morgan fingerprint density at radius 3 is 2.79 bits per heavy atom. The number of hydrogen-bond acceptors (Lipinski definition) is 6. The molecule has 0 saturated carbocycles. The predicted molar refractivity (Wildman–Crippen MR) is 113 cm³/mol. The van der Waals surface area contributed by atoms with Gasteiger partial charge in [0, 0.05) is 17.4 Å². The Bertz CT molecular complexity index is 1040. The summed E-state index contributed by atoms with van der Waals surface area (Å²) in [6.45, 7) is 2.41. The first-order valence-electron chi connectivity index (χ1n) is 8.83. The van der Waals surface area contributed by atoms with Gasteiger partial charge in [0.2, 0.25) is 0 Å². The number of aryl methyl sites for hydroxylation is 1. The van der Waals surface area contributed by atoms with Gasteiger partial charge in [-0.05, 0) is 55.0 Å². The summed E-state index contributed by atoms with van der Waals surface area (Å²) in [5, 5.41) is 0.474. The van der Waals surface area contributed by atoms with Crippen LogP contribution in [0.25, 0.3) is 0 Å². The van der Waals surface area contributed by atoms with Gasteiger partial charge in [-0.1, -0.05) is 17.7 Å². The molecule has 142 valence electrons. The number of nitrogen functional groups attached to an aromatic ring is 1. The molecule has 4 rings (SSSR count). The number of pyridine rings is 1. The lowest BCUT2D eigenvalue weighted by molar-refractivity contribution is 0.299. The zero-order valence-corrected chi connectivity index (χ0v) is 16.1. The minimum Gasteiger partial charge on any atom is -0.487 e. The Hall–Kier alpha value is -3.09. The average Bonchev–Trinajstić information content (AvgIpc) is 2.70. The Balaban J connectivity index is 1.55. The molecule has 0 fully saturated rings. The molecule has 0 radical (unpaired) electrons. The highest BCUT2D eigenvalue weighted by Gasteiger charge is 2.24. The van der Waals surface area contributed by atoms with Crippen molar-refractivity contribution in [3.05, 3.63) is 76.6 Å². The molecule has 3 aromatic rings. The molecule has 7 heteroatoms. The van der Waals surface area contributed by atoms with Gasteiger partial charge in [-0.15, -0.1) is 0 Å². The summed E-state index contributed by atoms with van der Waals surface area (Å²) in [5.74, 6) is 0.799. The van der Waals surface area contributed by atoms with Crippen LogP contribution < -0.4 is 21.1 Å². The fourth-order valence-electron chi connectivity index (χ4n) is 3.11. The molecule has 2 heterocycles. The maximum Gasteiger partial charge on any atom is 0.130 e. The molecule has 1 atom stereocenters. The first-order valence-corrected chi connectivity index (χ1v) is 9.21. The SMILES string of the molecule is Cc1cc(N2C=Nc3cc(Cl)c(N)cc3C2N)ccc1OCc1ccccn1. The third kappa shape index (κ3) is 3.52. The van der Waals surface area contributed by atoms with Crippen molar-refractivity contribution in [3.63, 3.8) is 0 Å². The van der Waals surface area contributed by atoms with Crippen molar-refractivity contribution in [3.8, 4) is 5.75 Å². The van der Waals surface area contributed by atoms with Crippen molar-refractivity contribution < 1.29 is 4.74 Å². The zero-order chi connectivity index (χ0) is 19.7. The van der Waals surface area contributed by atoms with Crippen molar-refractivity contribution in [1.29, 1.82) is 0 Å². The van der Waals surface area contributed by atoms with E-state index < -0.39 is 6.17 Å². The van der Waals surface area contributed by atoms with Crippen LogP contribution in [-0.4, -0.2) is 11.3 Å². The minimum absolute atomic E-state index is 0.410. The van der Waals surface area contributed by atoms with Crippen molar-refractivity contribution in [2.24, 2.45) is 10.7 Å². The fourth-order valence-corrected chi connectivity index (χ4v) is 3.27. The number of benzene rings is 2. The second-order valence-electron chi connectivity index (χ2n) is 6.59. The highest BCUT2D eigenvalue weighted by Crippen LogP contribution is 2.38. The first-order chi connectivity index (χ1) is 13.5. The van der Waals surface area contributed by atoms with Crippen LogP contribution in [0.1, 0.15) is 23.0 Å². The van der Waals surface area contributed by atoms with E-state index in [1.807, 2.05) is 48.2 Å². The fraction of sp³-hybridized carbons (Fsp3) is 0.143. The average molecular weight is 394 g/mol. The van der Waals surface area contributed by atoms with E-state index >= 15 is 0 Å². The molecule has 0 saturated heterocycles. The van der Waals surface area contributed by atoms with E-state index in [-0.39, 0.29) is 0 Å². The smallest absolute Gasteiger partial charge is 0.130 e. The molecule has 28 heavy (non-hydrogen) atoms. The molecule has 1 unspecified atom stereocenters. The summed E-state index contributed by atoms with van der Waals surface area (Å²) in [6.07, 6.45) is 3.05. The molecule has 0 spiro atoms. The standard InChI is InChI=1S/C21H20ClN5O/c1-13-8-15(5-6-20(13)28-11-14-4-2-3-7-25-14)27-12-26-19-10-17(22)18(23)9-16(19)21(27)24/h2-10,12,21H,11,23-24H2,1H3. The van der Waals surface area contributed by atoms with Crippen LogP contribution in [0.5, 0.6) is 5.75 Å². The topological polar surface area (TPSA) is 89.8 Å². The van der Waals surface area contributed by atoms with Crippen LogP contribution in [0, 0.1) is 6.92 Å². The van der Waals surface area contributed by atoms with Crippen LogP contribution in [0.4, 0.5) is 17.1 Å². The van der Waals surface area contributed by atoms with Crippen molar-refractivity contribution in [2.45, 2.75) is 19.7 Å². The second kappa shape index (κ2) is 7.50.